The van der Waals surface area contributed by atoms with Crippen LogP contribution in [-0.2, 0) is 11.2 Å². The summed E-state index contributed by atoms with van der Waals surface area (Å²) in [6.45, 7) is 2.80. The lowest BCUT2D eigenvalue weighted by Gasteiger charge is -2.10. The Labute approximate surface area is 157 Å². The molecule has 0 aliphatic rings. The molecular weight excluding hydrogens is 348 g/mol. The van der Waals surface area contributed by atoms with Gasteiger partial charge in [0.1, 0.15) is 5.82 Å². The molecule has 7 heteroatoms. The van der Waals surface area contributed by atoms with Crippen molar-refractivity contribution < 1.29 is 9.53 Å². The number of para-hydroxylation sites is 2. The number of rotatable bonds is 6. The number of hydrogen-bond acceptors (Lipinski definition) is 4. The third-order valence-electron chi connectivity index (χ3n) is 3.74. The lowest BCUT2D eigenvalue weighted by Crippen LogP contribution is -2.30. The number of nitrogens with one attached hydrogen (secondary N) is 3. The number of thiocarbonyl (C=S) groups is 1. The van der Waals surface area contributed by atoms with E-state index < -0.39 is 0 Å². The fourth-order valence-electron chi connectivity index (χ4n) is 2.50. The minimum absolute atomic E-state index is 0.328. The van der Waals surface area contributed by atoms with Crippen molar-refractivity contribution in [1.29, 1.82) is 0 Å². The molecule has 1 heterocycles. The van der Waals surface area contributed by atoms with Crippen molar-refractivity contribution in [2.75, 3.05) is 18.5 Å². The van der Waals surface area contributed by atoms with E-state index in [-0.39, 0.29) is 5.97 Å². The summed E-state index contributed by atoms with van der Waals surface area (Å²) in [5.41, 5.74) is 3.32. The highest BCUT2D eigenvalue weighted by atomic mass is 32.1. The van der Waals surface area contributed by atoms with Crippen LogP contribution in [0, 0.1) is 0 Å². The number of nitrogens with zero attached hydrogens (tertiary/aromatic N) is 1. The van der Waals surface area contributed by atoms with Crippen molar-refractivity contribution in [3.8, 4) is 0 Å². The monoisotopic (exact) mass is 368 g/mol. The Morgan fingerprint density at radius 1 is 1.19 bits per heavy atom. The zero-order chi connectivity index (χ0) is 18.4. The number of carbonyl (C=O) groups is 1. The second-order valence-corrected chi connectivity index (χ2v) is 6.04. The molecule has 0 bridgehead atoms. The number of esters is 1. The van der Waals surface area contributed by atoms with E-state index in [1.54, 1.807) is 31.2 Å². The number of ether oxygens (including phenoxy) is 1. The van der Waals surface area contributed by atoms with E-state index in [2.05, 4.69) is 20.6 Å². The molecule has 2 aromatic carbocycles. The molecule has 0 unspecified atom stereocenters. The van der Waals surface area contributed by atoms with Gasteiger partial charge in [-0.05, 0) is 55.5 Å². The fourth-order valence-corrected chi connectivity index (χ4v) is 2.72. The average molecular weight is 368 g/mol. The van der Waals surface area contributed by atoms with Crippen molar-refractivity contribution in [2.45, 2.75) is 13.3 Å². The standard InChI is InChI=1S/C19H20N4O2S/c1-2-25-18(24)13-7-9-14(10-8-13)21-19(26)20-12-11-17-22-15-5-3-4-6-16(15)23-17/h3-10H,2,11-12H2,1H3,(H,22,23)(H2,20,21,26). The predicted molar refractivity (Wildman–Crippen MR) is 106 cm³/mol. The van der Waals surface area contributed by atoms with Gasteiger partial charge < -0.3 is 20.4 Å². The molecule has 0 aliphatic heterocycles. The summed E-state index contributed by atoms with van der Waals surface area (Å²) in [5, 5.41) is 6.76. The van der Waals surface area contributed by atoms with Gasteiger partial charge in [0, 0.05) is 18.7 Å². The highest BCUT2D eigenvalue weighted by molar-refractivity contribution is 7.80. The maximum atomic E-state index is 11.6. The second kappa shape index (κ2) is 8.44. The average Bonchev–Trinajstić information content (AvgIpc) is 3.05. The molecule has 134 valence electrons. The molecule has 0 fully saturated rings. The second-order valence-electron chi connectivity index (χ2n) is 5.63. The Kier molecular flexibility index (Phi) is 5.80. The number of carbonyl (C=O) groups excluding carboxylic acids is 1. The SMILES string of the molecule is CCOC(=O)c1ccc(NC(=S)NCCc2nc3ccccc3[nH]2)cc1. The molecule has 3 rings (SSSR count). The fraction of sp³-hybridized carbons (Fsp3) is 0.211. The van der Waals surface area contributed by atoms with Crippen LogP contribution in [0.5, 0.6) is 0 Å². The first kappa shape index (κ1) is 17.9. The van der Waals surface area contributed by atoms with Gasteiger partial charge in [0.15, 0.2) is 5.11 Å². The highest BCUT2D eigenvalue weighted by Gasteiger charge is 2.06. The Bertz CT molecular complexity index is 872. The van der Waals surface area contributed by atoms with Crippen LogP contribution in [0.25, 0.3) is 11.0 Å². The Balaban J connectivity index is 1.47. The number of hydrogen-bond donors (Lipinski definition) is 3. The summed E-state index contributed by atoms with van der Waals surface area (Å²) in [6, 6.07) is 14.9. The van der Waals surface area contributed by atoms with Crippen LogP contribution in [0.15, 0.2) is 48.5 Å². The summed E-state index contributed by atoms with van der Waals surface area (Å²) in [7, 11) is 0. The molecule has 3 aromatic rings. The van der Waals surface area contributed by atoms with E-state index in [4.69, 9.17) is 17.0 Å². The van der Waals surface area contributed by atoms with Gasteiger partial charge in [-0.3, -0.25) is 0 Å². The van der Waals surface area contributed by atoms with Crippen molar-refractivity contribution >= 4 is 40.0 Å². The smallest absolute Gasteiger partial charge is 0.338 e. The number of aromatic amines is 1. The van der Waals surface area contributed by atoms with Gasteiger partial charge in [-0.25, -0.2) is 9.78 Å². The van der Waals surface area contributed by atoms with Gasteiger partial charge in [0.05, 0.1) is 23.2 Å². The highest BCUT2D eigenvalue weighted by Crippen LogP contribution is 2.11. The molecule has 26 heavy (non-hydrogen) atoms. The van der Waals surface area contributed by atoms with Gasteiger partial charge >= 0.3 is 5.97 Å². The van der Waals surface area contributed by atoms with Crippen LogP contribution in [-0.4, -0.2) is 34.2 Å². The minimum atomic E-state index is -0.328. The van der Waals surface area contributed by atoms with Crippen LogP contribution in [0.4, 0.5) is 5.69 Å². The zero-order valence-corrected chi connectivity index (χ0v) is 15.2. The summed E-state index contributed by atoms with van der Waals surface area (Å²) in [5.74, 6) is 0.589. The number of benzene rings is 2. The Hall–Kier alpha value is -2.93. The molecule has 0 amide bonds. The van der Waals surface area contributed by atoms with Crippen molar-refractivity contribution in [3.63, 3.8) is 0 Å². The zero-order valence-electron chi connectivity index (χ0n) is 14.4. The van der Waals surface area contributed by atoms with Crippen LogP contribution >= 0.6 is 12.2 Å². The number of imidazole rings is 1. The van der Waals surface area contributed by atoms with Crippen molar-refractivity contribution in [3.05, 3.63) is 59.9 Å². The number of aromatic nitrogens is 2. The van der Waals surface area contributed by atoms with Gasteiger partial charge in [-0.1, -0.05) is 12.1 Å². The van der Waals surface area contributed by atoms with E-state index >= 15 is 0 Å². The third kappa shape index (κ3) is 4.58. The molecule has 0 atom stereocenters. The molecule has 0 aliphatic carbocycles. The molecule has 0 radical (unpaired) electrons. The van der Waals surface area contributed by atoms with Crippen LogP contribution in [0.1, 0.15) is 23.1 Å². The first-order chi connectivity index (χ1) is 12.7. The van der Waals surface area contributed by atoms with Gasteiger partial charge in [-0.2, -0.15) is 0 Å². The summed E-state index contributed by atoms with van der Waals surface area (Å²) in [4.78, 5) is 19.4. The van der Waals surface area contributed by atoms with E-state index in [9.17, 15) is 4.79 Å². The summed E-state index contributed by atoms with van der Waals surface area (Å²) >= 11 is 5.30. The van der Waals surface area contributed by atoms with Gasteiger partial charge in [-0.15, -0.1) is 0 Å². The van der Waals surface area contributed by atoms with E-state index in [1.807, 2.05) is 24.3 Å². The van der Waals surface area contributed by atoms with Crippen LogP contribution in [0.3, 0.4) is 0 Å². The lowest BCUT2D eigenvalue weighted by molar-refractivity contribution is 0.0526. The maximum Gasteiger partial charge on any atom is 0.338 e. The van der Waals surface area contributed by atoms with Crippen molar-refractivity contribution in [2.24, 2.45) is 0 Å². The van der Waals surface area contributed by atoms with E-state index in [0.29, 0.717) is 23.8 Å². The summed E-state index contributed by atoms with van der Waals surface area (Å²) in [6.07, 6.45) is 0.734. The number of anilines is 1. The lowest BCUT2D eigenvalue weighted by atomic mass is 10.2. The van der Waals surface area contributed by atoms with E-state index in [0.717, 1.165) is 29.0 Å². The largest absolute Gasteiger partial charge is 0.462 e. The molecular formula is C19H20N4O2S. The quantitative estimate of drug-likeness (QED) is 0.458. The molecule has 0 saturated carbocycles. The van der Waals surface area contributed by atoms with E-state index in [1.165, 1.54) is 0 Å². The van der Waals surface area contributed by atoms with Gasteiger partial charge in [0.2, 0.25) is 0 Å². The molecule has 0 spiro atoms. The predicted octanol–water partition coefficient (Wildman–Crippen LogP) is 3.27. The topological polar surface area (TPSA) is 79.0 Å². The maximum absolute atomic E-state index is 11.6. The Morgan fingerprint density at radius 3 is 2.69 bits per heavy atom. The molecule has 0 saturated heterocycles. The summed E-state index contributed by atoms with van der Waals surface area (Å²) < 4.78 is 4.96. The first-order valence-corrected chi connectivity index (χ1v) is 8.82. The molecule has 3 N–H and O–H groups in total. The Morgan fingerprint density at radius 2 is 1.96 bits per heavy atom. The number of H-pyrrole nitrogens is 1. The molecule has 1 aromatic heterocycles. The first-order valence-electron chi connectivity index (χ1n) is 8.41. The van der Waals surface area contributed by atoms with Crippen LogP contribution in [0.2, 0.25) is 0 Å². The van der Waals surface area contributed by atoms with Crippen molar-refractivity contribution in [1.82, 2.24) is 15.3 Å². The minimum Gasteiger partial charge on any atom is -0.462 e. The van der Waals surface area contributed by atoms with Crippen LogP contribution < -0.4 is 10.6 Å². The molecule has 6 nitrogen and oxygen atoms in total. The number of fused-ring (bicyclic) bond motifs is 1. The van der Waals surface area contributed by atoms with Gasteiger partial charge in [0.25, 0.3) is 0 Å². The normalized spacial score (nSPS) is 10.5. The third-order valence-corrected chi connectivity index (χ3v) is 3.99.